The summed E-state index contributed by atoms with van der Waals surface area (Å²) in [5, 5.41) is 7.40. The minimum Gasteiger partial charge on any atom is -0.308 e. The molecule has 0 radical (unpaired) electrons. The molecule has 0 aliphatic carbocycles. The van der Waals surface area contributed by atoms with Crippen molar-refractivity contribution < 1.29 is 0 Å². The van der Waals surface area contributed by atoms with E-state index in [1.807, 2.05) is 35.6 Å². The highest BCUT2D eigenvalue weighted by Crippen LogP contribution is 2.46. The van der Waals surface area contributed by atoms with E-state index < -0.39 is 0 Å². The van der Waals surface area contributed by atoms with Crippen LogP contribution in [0, 0.1) is 0 Å². The van der Waals surface area contributed by atoms with Gasteiger partial charge in [0.2, 0.25) is 0 Å². The van der Waals surface area contributed by atoms with Gasteiger partial charge in [-0.2, -0.15) is 0 Å². The van der Waals surface area contributed by atoms with E-state index in [0.717, 1.165) is 39.0 Å². The van der Waals surface area contributed by atoms with Crippen LogP contribution >= 0.6 is 11.3 Å². The number of thiophene rings is 1. The second-order valence-electron chi connectivity index (χ2n) is 16.0. The molecule has 0 atom stereocenters. The van der Waals surface area contributed by atoms with Gasteiger partial charge in [-0.05, 0) is 53.6 Å². The molecule has 0 N–H and O–H groups in total. The maximum absolute atomic E-state index is 5.22. The second kappa shape index (κ2) is 14.2. The monoisotopic (exact) mass is 821 g/mol. The number of para-hydroxylation sites is 3. The van der Waals surface area contributed by atoms with Gasteiger partial charge in [-0.3, -0.25) is 0 Å². The van der Waals surface area contributed by atoms with Crippen LogP contribution in [0.5, 0.6) is 0 Å². The van der Waals surface area contributed by atoms with Crippen LogP contribution in [0.3, 0.4) is 0 Å². The molecule has 0 aliphatic heterocycles. The van der Waals surface area contributed by atoms with E-state index in [1.165, 1.54) is 64.0 Å². The van der Waals surface area contributed by atoms with Crippen LogP contribution in [0.15, 0.2) is 212 Å². The fourth-order valence-electron chi connectivity index (χ4n) is 9.50. The van der Waals surface area contributed by atoms with E-state index in [0.29, 0.717) is 17.5 Å². The summed E-state index contributed by atoms with van der Waals surface area (Å²) in [7, 11) is 0. The average Bonchev–Trinajstić information content (AvgIpc) is 4.02. The summed E-state index contributed by atoms with van der Waals surface area (Å²) in [6.07, 6.45) is 0. The summed E-state index contributed by atoms with van der Waals surface area (Å²) in [5.74, 6) is 1.89. The molecular formula is C57H35N5S. The lowest BCUT2D eigenvalue weighted by Crippen LogP contribution is -2.00. The normalized spacial score (nSPS) is 11.8. The average molecular weight is 822 g/mol. The molecule has 0 aliphatic rings. The van der Waals surface area contributed by atoms with Crippen molar-refractivity contribution >= 4 is 75.1 Å². The summed E-state index contributed by atoms with van der Waals surface area (Å²) >= 11 is 1.88. The highest BCUT2D eigenvalue weighted by atomic mass is 32.1. The van der Waals surface area contributed by atoms with Crippen LogP contribution < -0.4 is 0 Å². The molecule has 0 bridgehead atoms. The van der Waals surface area contributed by atoms with Gasteiger partial charge < -0.3 is 9.13 Å². The number of hydrogen-bond donors (Lipinski definition) is 0. The Morgan fingerprint density at radius 2 is 0.794 bits per heavy atom. The van der Waals surface area contributed by atoms with Crippen molar-refractivity contribution in [1.29, 1.82) is 0 Å². The molecule has 4 heterocycles. The maximum atomic E-state index is 5.22. The predicted molar refractivity (Wildman–Crippen MR) is 263 cm³/mol. The second-order valence-corrected chi connectivity index (χ2v) is 17.0. The molecule has 0 unspecified atom stereocenters. The van der Waals surface area contributed by atoms with Crippen molar-refractivity contribution in [3.63, 3.8) is 0 Å². The molecule has 13 rings (SSSR count). The fraction of sp³-hybridized carbons (Fsp3) is 0. The summed E-state index contributed by atoms with van der Waals surface area (Å²) < 4.78 is 7.41. The zero-order chi connectivity index (χ0) is 41.4. The quantitative estimate of drug-likeness (QED) is 0.168. The molecule has 0 spiro atoms. The van der Waals surface area contributed by atoms with Gasteiger partial charge in [0, 0.05) is 54.7 Å². The van der Waals surface area contributed by atoms with Crippen LogP contribution in [0.2, 0.25) is 0 Å². The Labute approximate surface area is 366 Å². The Bertz CT molecular complexity index is 3850. The topological polar surface area (TPSA) is 48.5 Å². The van der Waals surface area contributed by atoms with E-state index in [-0.39, 0.29) is 0 Å². The van der Waals surface area contributed by atoms with Crippen LogP contribution in [0.25, 0.3) is 120 Å². The first kappa shape index (κ1) is 35.6. The highest BCUT2D eigenvalue weighted by molar-refractivity contribution is 7.27. The Balaban J connectivity index is 1.05. The van der Waals surface area contributed by atoms with Crippen LogP contribution in [-0.4, -0.2) is 24.1 Å². The minimum atomic E-state index is 0.624. The van der Waals surface area contributed by atoms with Gasteiger partial charge in [0.25, 0.3) is 0 Å². The maximum Gasteiger partial charge on any atom is 0.164 e. The van der Waals surface area contributed by atoms with Crippen molar-refractivity contribution in [3.05, 3.63) is 212 Å². The molecular weight excluding hydrogens is 787 g/mol. The van der Waals surface area contributed by atoms with E-state index in [1.54, 1.807) is 0 Å². The van der Waals surface area contributed by atoms with Crippen molar-refractivity contribution in [2.75, 3.05) is 0 Å². The van der Waals surface area contributed by atoms with Gasteiger partial charge in [0.1, 0.15) is 0 Å². The summed E-state index contributed by atoms with van der Waals surface area (Å²) in [5.41, 5.74) is 12.0. The lowest BCUT2D eigenvalue weighted by atomic mass is 10.0. The number of aromatic nitrogens is 5. The molecule has 0 amide bonds. The Kier molecular flexibility index (Phi) is 8.01. The van der Waals surface area contributed by atoms with Crippen LogP contribution in [0.1, 0.15) is 0 Å². The minimum absolute atomic E-state index is 0.624. The van der Waals surface area contributed by atoms with Gasteiger partial charge in [-0.25, -0.2) is 15.0 Å². The first-order chi connectivity index (χ1) is 31.2. The van der Waals surface area contributed by atoms with Crippen LogP contribution in [-0.2, 0) is 0 Å². The molecule has 4 aromatic heterocycles. The Hall–Kier alpha value is -8.19. The number of benzene rings is 9. The number of rotatable bonds is 6. The first-order valence-electron chi connectivity index (χ1n) is 21.2. The molecule has 63 heavy (non-hydrogen) atoms. The molecule has 0 saturated heterocycles. The molecule has 6 heteroatoms. The third-order valence-electron chi connectivity index (χ3n) is 12.4. The van der Waals surface area contributed by atoms with Crippen LogP contribution in [0.4, 0.5) is 0 Å². The van der Waals surface area contributed by atoms with E-state index in [2.05, 4.69) is 197 Å². The Morgan fingerprint density at radius 3 is 1.51 bits per heavy atom. The molecule has 294 valence electrons. The smallest absolute Gasteiger partial charge is 0.164 e. The SMILES string of the molecule is c1ccc(-c2cccc(-c3nc(-c4ccccc4)nc(-c4ccc5c6ccc7c8cccc(-n9c%10ccccc%10c%10ccccc%109)c8sc7c6n(-c6ccccc6)c5c4)n3)c2)cc1. The van der Waals surface area contributed by atoms with Gasteiger partial charge in [0.15, 0.2) is 17.5 Å². The lowest BCUT2D eigenvalue weighted by molar-refractivity contribution is 1.07. The molecule has 0 fully saturated rings. The van der Waals surface area contributed by atoms with Crippen molar-refractivity contribution in [3.8, 4) is 56.7 Å². The highest BCUT2D eigenvalue weighted by Gasteiger charge is 2.22. The zero-order valence-corrected chi connectivity index (χ0v) is 34.7. The molecule has 0 saturated carbocycles. The van der Waals surface area contributed by atoms with Gasteiger partial charge in [-0.15, -0.1) is 11.3 Å². The summed E-state index contributed by atoms with van der Waals surface area (Å²) in [6.45, 7) is 0. The number of hydrogen-bond acceptors (Lipinski definition) is 4. The fourth-order valence-corrected chi connectivity index (χ4v) is 10.8. The Morgan fingerprint density at radius 1 is 0.302 bits per heavy atom. The van der Waals surface area contributed by atoms with E-state index >= 15 is 0 Å². The standard InChI is InChI=1S/C57H35N5S/c1-4-16-36(17-5-1)38-20-14-21-39(34-38)56-58-55(37-18-6-2-7-19-37)59-57(60-56)40-30-31-44-45-32-33-47-46-26-15-29-50(62-48-27-12-10-24-42(48)43-25-11-13-28-49(43)62)53(46)63-54(47)52(45)61(51(44)35-40)41-22-8-3-9-23-41/h1-35H. The van der Waals surface area contributed by atoms with Gasteiger partial charge in [0.05, 0.1) is 37.2 Å². The van der Waals surface area contributed by atoms with Crippen molar-refractivity contribution in [1.82, 2.24) is 24.1 Å². The van der Waals surface area contributed by atoms with Gasteiger partial charge >= 0.3 is 0 Å². The van der Waals surface area contributed by atoms with E-state index in [9.17, 15) is 0 Å². The number of nitrogens with zero attached hydrogens (tertiary/aromatic N) is 5. The summed E-state index contributed by atoms with van der Waals surface area (Å²) in [4.78, 5) is 15.5. The largest absolute Gasteiger partial charge is 0.308 e. The van der Waals surface area contributed by atoms with Crippen molar-refractivity contribution in [2.45, 2.75) is 0 Å². The summed E-state index contributed by atoms with van der Waals surface area (Å²) in [6, 6.07) is 75.4. The lowest BCUT2D eigenvalue weighted by Gasteiger charge is -2.11. The van der Waals surface area contributed by atoms with E-state index in [4.69, 9.17) is 15.0 Å². The third kappa shape index (κ3) is 5.66. The molecule has 13 aromatic rings. The zero-order valence-electron chi connectivity index (χ0n) is 33.9. The third-order valence-corrected chi connectivity index (χ3v) is 13.6. The van der Waals surface area contributed by atoms with Crippen molar-refractivity contribution in [2.24, 2.45) is 0 Å². The predicted octanol–water partition coefficient (Wildman–Crippen LogP) is 15.1. The van der Waals surface area contributed by atoms with Gasteiger partial charge in [-0.1, -0.05) is 170 Å². The molecule has 9 aromatic carbocycles. The first-order valence-corrected chi connectivity index (χ1v) is 22.0. The molecule has 5 nitrogen and oxygen atoms in total. The number of fused-ring (bicyclic) bond motifs is 10.